The monoisotopic (exact) mass is 436 g/mol. The Hall–Kier alpha value is -3.74. The lowest BCUT2D eigenvalue weighted by atomic mass is 10.2. The second kappa shape index (κ2) is 10.3. The van der Waals surface area contributed by atoms with Crippen LogP contribution in [0.5, 0.6) is 5.75 Å². The number of nitro groups is 1. The number of hydrogen-bond donors (Lipinski definition) is 2. The fourth-order valence-corrected chi connectivity index (χ4v) is 2.78. The van der Waals surface area contributed by atoms with Crippen LogP contribution in [0, 0.1) is 16.0 Å². The van der Waals surface area contributed by atoms with Crippen LogP contribution in [0.25, 0.3) is 0 Å². The van der Waals surface area contributed by atoms with Gasteiger partial charge in [0.1, 0.15) is 12.0 Å². The summed E-state index contributed by atoms with van der Waals surface area (Å²) in [6, 6.07) is 2.71. The molecule has 13 heteroatoms. The van der Waals surface area contributed by atoms with Gasteiger partial charge in [0.2, 0.25) is 5.75 Å². The summed E-state index contributed by atoms with van der Waals surface area (Å²) in [7, 11) is 1.41. The standard InChI is InChI=1S/C18H24N6O7/c1-11(2)9-23-15(19)14(17(26)21-18(23)27)22(7-8-30-3)13(25)10-31-12-5-4-6-20-16(12)24(28)29/h4-6,11H,7-10,19H2,1-3H3,(H,21,26,27). The molecule has 0 unspecified atom stereocenters. The number of anilines is 2. The van der Waals surface area contributed by atoms with Gasteiger partial charge in [-0.15, -0.1) is 0 Å². The highest BCUT2D eigenvalue weighted by Crippen LogP contribution is 2.23. The molecule has 0 bridgehead atoms. The molecule has 31 heavy (non-hydrogen) atoms. The van der Waals surface area contributed by atoms with Crippen molar-refractivity contribution < 1.29 is 19.2 Å². The maximum atomic E-state index is 12.9. The van der Waals surface area contributed by atoms with Crippen molar-refractivity contribution >= 4 is 23.2 Å². The van der Waals surface area contributed by atoms with Gasteiger partial charge < -0.3 is 25.3 Å². The average molecular weight is 436 g/mol. The molecule has 0 spiro atoms. The number of nitrogens with one attached hydrogen (secondary N) is 1. The molecule has 0 atom stereocenters. The molecular formula is C18H24N6O7. The zero-order valence-electron chi connectivity index (χ0n) is 17.4. The summed E-state index contributed by atoms with van der Waals surface area (Å²) in [6.45, 7) is 3.29. The predicted molar refractivity (Wildman–Crippen MR) is 111 cm³/mol. The number of carbonyl (C=O) groups excluding carboxylic acids is 1. The van der Waals surface area contributed by atoms with E-state index in [9.17, 15) is 24.5 Å². The van der Waals surface area contributed by atoms with Gasteiger partial charge in [0.15, 0.2) is 12.3 Å². The first-order valence-electron chi connectivity index (χ1n) is 9.31. The van der Waals surface area contributed by atoms with Crippen LogP contribution < -0.4 is 26.6 Å². The number of methoxy groups -OCH3 is 1. The molecule has 168 valence electrons. The SMILES string of the molecule is COCCN(C(=O)COc1cccnc1[N+](=O)[O-])c1c(N)n(CC(C)C)c(=O)[nH]c1=O. The third-order valence-electron chi connectivity index (χ3n) is 4.13. The molecule has 2 rings (SSSR count). The Labute approximate surface area is 176 Å². The number of nitrogen functional groups attached to an aromatic ring is 1. The van der Waals surface area contributed by atoms with Gasteiger partial charge >= 0.3 is 11.5 Å². The van der Waals surface area contributed by atoms with E-state index in [4.69, 9.17) is 15.2 Å². The van der Waals surface area contributed by atoms with Crippen molar-refractivity contribution in [2.24, 2.45) is 5.92 Å². The molecule has 1 amide bonds. The van der Waals surface area contributed by atoms with Gasteiger partial charge in [-0.3, -0.25) is 24.0 Å². The molecule has 2 aromatic heterocycles. The fraction of sp³-hybridized carbons (Fsp3) is 0.444. The van der Waals surface area contributed by atoms with Gasteiger partial charge in [0, 0.05) is 20.2 Å². The molecule has 3 N–H and O–H groups in total. The minimum Gasteiger partial charge on any atom is -0.476 e. The number of hydrogen-bond acceptors (Lipinski definition) is 9. The number of pyridine rings is 1. The number of H-pyrrole nitrogens is 1. The Kier molecular flexibility index (Phi) is 7.85. The van der Waals surface area contributed by atoms with Crippen LogP contribution in [0.15, 0.2) is 27.9 Å². The van der Waals surface area contributed by atoms with Crippen LogP contribution in [-0.2, 0) is 16.1 Å². The number of aromatic nitrogens is 3. The molecular weight excluding hydrogens is 412 g/mol. The normalized spacial score (nSPS) is 10.8. The van der Waals surface area contributed by atoms with Crippen molar-refractivity contribution in [2.45, 2.75) is 20.4 Å². The Bertz CT molecular complexity index is 1060. The highest BCUT2D eigenvalue weighted by atomic mass is 16.6. The van der Waals surface area contributed by atoms with Crippen LogP contribution in [0.4, 0.5) is 17.3 Å². The molecule has 2 heterocycles. The van der Waals surface area contributed by atoms with E-state index in [0.717, 1.165) is 4.90 Å². The van der Waals surface area contributed by atoms with Crippen molar-refractivity contribution in [2.75, 3.05) is 37.5 Å². The Morgan fingerprint density at radius 3 is 2.74 bits per heavy atom. The number of ether oxygens (including phenoxy) is 2. The van der Waals surface area contributed by atoms with Gasteiger partial charge in [-0.25, -0.2) is 4.79 Å². The lowest BCUT2D eigenvalue weighted by Crippen LogP contribution is -2.44. The van der Waals surface area contributed by atoms with Gasteiger partial charge in [-0.1, -0.05) is 13.8 Å². The second-order valence-electron chi connectivity index (χ2n) is 6.91. The Morgan fingerprint density at radius 1 is 1.42 bits per heavy atom. The molecule has 0 fully saturated rings. The molecule has 0 aliphatic rings. The van der Waals surface area contributed by atoms with Crippen LogP contribution in [-0.4, -0.2) is 52.2 Å². The highest BCUT2D eigenvalue weighted by molar-refractivity contribution is 5.96. The number of amides is 1. The van der Waals surface area contributed by atoms with E-state index >= 15 is 0 Å². The third kappa shape index (κ3) is 5.66. The van der Waals surface area contributed by atoms with Crippen molar-refractivity contribution in [1.82, 2.24) is 14.5 Å². The first-order chi connectivity index (χ1) is 14.7. The van der Waals surface area contributed by atoms with Crippen molar-refractivity contribution in [1.29, 1.82) is 0 Å². The van der Waals surface area contributed by atoms with Crippen LogP contribution in [0.2, 0.25) is 0 Å². The molecule has 0 saturated heterocycles. The summed E-state index contributed by atoms with van der Waals surface area (Å²) in [5.74, 6) is -1.63. The summed E-state index contributed by atoms with van der Waals surface area (Å²) in [5.41, 5.74) is 4.31. The minimum absolute atomic E-state index is 0.0383. The largest absolute Gasteiger partial charge is 0.476 e. The number of nitrogens with zero attached hydrogens (tertiary/aromatic N) is 4. The number of aromatic amines is 1. The summed E-state index contributed by atoms with van der Waals surface area (Å²) >= 11 is 0. The van der Waals surface area contributed by atoms with E-state index in [1.54, 1.807) is 0 Å². The Balaban J connectivity index is 2.40. The van der Waals surface area contributed by atoms with E-state index in [2.05, 4.69) is 9.97 Å². The van der Waals surface area contributed by atoms with Crippen molar-refractivity contribution in [3.05, 3.63) is 49.3 Å². The molecule has 0 aromatic carbocycles. The van der Waals surface area contributed by atoms with Crippen molar-refractivity contribution in [3.8, 4) is 5.75 Å². The first-order valence-corrected chi connectivity index (χ1v) is 9.31. The summed E-state index contributed by atoms with van der Waals surface area (Å²) in [4.78, 5) is 54.7. The van der Waals surface area contributed by atoms with Gasteiger partial charge in [-0.2, -0.15) is 0 Å². The summed E-state index contributed by atoms with van der Waals surface area (Å²) in [6.07, 6.45) is 1.22. The van der Waals surface area contributed by atoms with Crippen LogP contribution in [0.1, 0.15) is 13.8 Å². The van der Waals surface area contributed by atoms with Gasteiger partial charge in [0.05, 0.1) is 6.61 Å². The maximum Gasteiger partial charge on any atom is 0.406 e. The quantitative estimate of drug-likeness (QED) is 0.387. The minimum atomic E-state index is -0.848. The molecule has 13 nitrogen and oxygen atoms in total. The maximum absolute atomic E-state index is 12.9. The van der Waals surface area contributed by atoms with Crippen LogP contribution in [0.3, 0.4) is 0 Å². The predicted octanol–water partition coefficient (Wildman–Crippen LogP) is 0.136. The second-order valence-corrected chi connectivity index (χ2v) is 6.91. The zero-order chi connectivity index (χ0) is 23.1. The van der Waals surface area contributed by atoms with E-state index in [1.165, 1.54) is 30.0 Å². The summed E-state index contributed by atoms with van der Waals surface area (Å²) in [5, 5.41) is 11.1. The molecule has 2 aromatic rings. The number of carbonyl (C=O) groups is 1. The zero-order valence-corrected chi connectivity index (χ0v) is 17.4. The number of rotatable bonds is 10. The molecule has 0 saturated carbocycles. The lowest BCUT2D eigenvalue weighted by Gasteiger charge is -2.24. The fourth-order valence-electron chi connectivity index (χ4n) is 2.78. The molecule has 0 aliphatic carbocycles. The van der Waals surface area contributed by atoms with E-state index in [1.807, 2.05) is 13.8 Å². The lowest BCUT2D eigenvalue weighted by molar-refractivity contribution is -0.390. The summed E-state index contributed by atoms with van der Waals surface area (Å²) < 4.78 is 11.5. The van der Waals surface area contributed by atoms with Gasteiger partial charge in [-0.05, 0) is 28.0 Å². The van der Waals surface area contributed by atoms with Crippen LogP contribution >= 0.6 is 0 Å². The van der Waals surface area contributed by atoms with Crippen molar-refractivity contribution in [3.63, 3.8) is 0 Å². The van der Waals surface area contributed by atoms with E-state index in [0.29, 0.717) is 0 Å². The van der Waals surface area contributed by atoms with E-state index in [-0.39, 0.29) is 42.9 Å². The first kappa shape index (κ1) is 23.5. The molecule has 0 aliphatic heterocycles. The molecule has 0 radical (unpaired) electrons. The smallest absolute Gasteiger partial charge is 0.406 e. The Morgan fingerprint density at radius 2 is 2.13 bits per heavy atom. The third-order valence-corrected chi connectivity index (χ3v) is 4.13. The highest BCUT2D eigenvalue weighted by Gasteiger charge is 2.26. The average Bonchev–Trinajstić information content (AvgIpc) is 2.71. The number of nitrogens with two attached hydrogens (primary N) is 1. The van der Waals surface area contributed by atoms with E-state index < -0.39 is 34.5 Å². The van der Waals surface area contributed by atoms with Gasteiger partial charge in [0.25, 0.3) is 11.5 Å². The topological polar surface area (TPSA) is 176 Å².